The number of aryl methyl sites for hydroxylation is 2. The highest BCUT2D eigenvalue weighted by Crippen LogP contribution is 2.26. The largest absolute Gasteiger partial charge is 0.314 e. The first-order valence-corrected chi connectivity index (χ1v) is 7.67. The molecule has 0 spiro atoms. The van der Waals surface area contributed by atoms with Crippen LogP contribution in [0.25, 0.3) is 0 Å². The van der Waals surface area contributed by atoms with Crippen LogP contribution in [0.2, 0.25) is 0 Å². The van der Waals surface area contributed by atoms with Gasteiger partial charge in [0, 0.05) is 31.4 Å². The van der Waals surface area contributed by atoms with Crippen molar-refractivity contribution in [2.75, 3.05) is 19.6 Å². The average molecular weight is 262 g/mol. The predicted molar refractivity (Wildman–Crippen MR) is 77.0 cm³/mol. The van der Waals surface area contributed by atoms with E-state index in [0.29, 0.717) is 0 Å². The number of aromatic nitrogens is 2. The molecule has 1 aromatic rings. The summed E-state index contributed by atoms with van der Waals surface area (Å²) < 4.78 is 1.93. The van der Waals surface area contributed by atoms with Crippen LogP contribution < -0.4 is 5.32 Å². The van der Waals surface area contributed by atoms with E-state index in [1.54, 1.807) is 0 Å². The molecule has 3 heterocycles. The van der Waals surface area contributed by atoms with Gasteiger partial charge in [-0.2, -0.15) is 5.10 Å². The number of nitrogens with one attached hydrogen (secondary N) is 1. The molecule has 0 amide bonds. The Kier molecular flexibility index (Phi) is 3.89. The van der Waals surface area contributed by atoms with E-state index in [9.17, 15) is 0 Å². The Labute approximate surface area is 116 Å². The Morgan fingerprint density at radius 1 is 1.32 bits per heavy atom. The quantitative estimate of drug-likeness (QED) is 0.900. The fraction of sp³-hybridized carbons (Fsp3) is 0.800. The molecule has 0 aromatic carbocycles. The van der Waals surface area contributed by atoms with Gasteiger partial charge in [-0.1, -0.05) is 0 Å². The highest BCUT2D eigenvalue weighted by Gasteiger charge is 2.28. The highest BCUT2D eigenvalue weighted by molar-refractivity contribution is 5.15. The van der Waals surface area contributed by atoms with Gasteiger partial charge in [0.05, 0.1) is 5.69 Å². The maximum atomic E-state index is 4.43. The van der Waals surface area contributed by atoms with Gasteiger partial charge in [0.1, 0.15) is 0 Å². The van der Waals surface area contributed by atoms with Crippen molar-refractivity contribution in [2.45, 2.75) is 45.2 Å². The molecule has 4 heteroatoms. The van der Waals surface area contributed by atoms with Crippen molar-refractivity contribution in [3.63, 3.8) is 0 Å². The number of piperidine rings is 1. The van der Waals surface area contributed by atoms with Crippen LogP contribution in [0.5, 0.6) is 0 Å². The zero-order valence-electron chi connectivity index (χ0n) is 12.2. The van der Waals surface area contributed by atoms with Gasteiger partial charge < -0.3 is 5.32 Å². The van der Waals surface area contributed by atoms with Gasteiger partial charge in [0.25, 0.3) is 0 Å². The average Bonchev–Trinajstić information content (AvgIpc) is 3.01. The van der Waals surface area contributed by atoms with Crippen LogP contribution >= 0.6 is 0 Å². The summed E-state index contributed by atoms with van der Waals surface area (Å²) in [4.78, 5) is 2.59. The lowest BCUT2D eigenvalue weighted by Gasteiger charge is -2.34. The maximum Gasteiger partial charge on any atom is 0.0638 e. The molecule has 2 aliphatic heterocycles. The second kappa shape index (κ2) is 5.63. The molecule has 1 atom stereocenters. The van der Waals surface area contributed by atoms with Crippen molar-refractivity contribution in [3.8, 4) is 0 Å². The Hall–Kier alpha value is -0.870. The van der Waals surface area contributed by atoms with Crippen molar-refractivity contribution in [1.82, 2.24) is 20.0 Å². The van der Waals surface area contributed by atoms with Crippen molar-refractivity contribution < 1.29 is 0 Å². The molecular formula is C15H26N4. The lowest BCUT2D eigenvalue weighted by atomic mass is 9.88. The molecule has 2 aliphatic rings. The molecule has 1 N–H and O–H groups in total. The van der Waals surface area contributed by atoms with Crippen LogP contribution in [0.3, 0.4) is 0 Å². The minimum atomic E-state index is 0.808. The lowest BCUT2D eigenvalue weighted by molar-refractivity contribution is 0.157. The molecule has 2 saturated heterocycles. The van der Waals surface area contributed by atoms with Crippen LogP contribution in [-0.2, 0) is 13.6 Å². The third-order valence-electron chi connectivity index (χ3n) is 4.81. The topological polar surface area (TPSA) is 33.1 Å². The van der Waals surface area contributed by atoms with E-state index >= 15 is 0 Å². The molecule has 0 saturated carbocycles. The summed E-state index contributed by atoms with van der Waals surface area (Å²) in [5, 5.41) is 8.11. The summed E-state index contributed by atoms with van der Waals surface area (Å²) in [7, 11) is 2.01. The molecule has 106 valence electrons. The number of hydrogen-bond donors (Lipinski definition) is 1. The van der Waals surface area contributed by atoms with E-state index in [2.05, 4.69) is 28.4 Å². The van der Waals surface area contributed by atoms with Gasteiger partial charge in [-0.25, -0.2) is 0 Å². The summed E-state index contributed by atoms with van der Waals surface area (Å²) >= 11 is 0. The summed E-state index contributed by atoms with van der Waals surface area (Å²) in [5.74, 6) is 0.911. The standard InChI is InChI=1S/C15H26N4/c1-12-14(10-18(2)17-12)11-19-8-5-13(6-9-19)15-4-3-7-16-15/h10,13,15-16H,3-9,11H2,1-2H3. The van der Waals surface area contributed by atoms with Crippen molar-refractivity contribution >= 4 is 0 Å². The second-order valence-electron chi connectivity index (χ2n) is 6.23. The monoisotopic (exact) mass is 262 g/mol. The van der Waals surface area contributed by atoms with Crippen LogP contribution in [0.1, 0.15) is 36.9 Å². The van der Waals surface area contributed by atoms with Crippen LogP contribution in [0.15, 0.2) is 6.20 Å². The molecule has 0 radical (unpaired) electrons. The zero-order chi connectivity index (χ0) is 13.2. The first-order valence-electron chi connectivity index (χ1n) is 7.67. The van der Waals surface area contributed by atoms with Crippen LogP contribution in [0, 0.1) is 12.8 Å². The van der Waals surface area contributed by atoms with E-state index in [0.717, 1.165) is 18.5 Å². The van der Waals surface area contributed by atoms with Gasteiger partial charge >= 0.3 is 0 Å². The first-order chi connectivity index (χ1) is 9.22. The Balaban J connectivity index is 1.51. The summed E-state index contributed by atoms with van der Waals surface area (Å²) in [6.45, 7) is 6.92. The summed E-state index contributed by atoms with van der Waals surface area (Å²) in [6, 6.07) is 0.808. The number of nitrogens with zero attached hydrogens (tertiary/aromatic N) is 3. The Bertz CT molecular complexity index is 412. The molecule has 3 rings (SSSR count). The number of rotatable bonds is 3. The van der Waals surface area contributed by atoms with Gasteiger partial charge in [0.15, 0.2) is 0 Å². The molecule has 1 unspecified atom stereocenters. The van der Waals surface area contributed by atoms with E-state index < -0.39 is 0 Å². The van der Waals surface area contributed by atoms with E-state index in [4.69, 9.17) is 0 Å². The van der Waals surface area contributed by atoms with E-state index in [1.807, 2.05) is 11.7 Å². The van der Waals surface area contributed by atoms with E-state index in [-0.39, 0.29) is 0 Å². The molecule has 0 bridgehead atoms. The third kappa shape index (κ3) is 3.00. The fourth-order valence-corrected chi connectivity index (χ4v) is 3.67. The molecule has 4 nitrogen and oxygen atoms in total. The molecule has 2 fully saturated rings. The second-order valence-corrected chi connectivity index (χ2v) is 6.23. The van der Waals surface area contributed by atoms with Crippen molar-refractivity contribution in [3.05, 3.63) is 17.5 Å². The first kappa shape index (κ1) is 13.1. The van der Waals surface area contributed by atoms with Gasteiger partial charge in [-0.3, -0.25) is 9.58 Å². The predicted octanol–water partition coefficient (Wildman–Crippen LogP) is 1.69. The SMILES string of the molecule is Cc1nn(C)cc1CN1CCC(C2CCCN2)CC1. The lowest BCUT2D eigenvalue weighted by Crippen LogP contribution is -2.40. The number of likely N-dealkylation sites (tertiary alicyclic amines) is 1. The third-order valence-corrected chi connectivity index (χ3v) is 4.81. The Morgan fingerprint density at radius 2 is 2.11 bits per heavy atom. The van der Waals surface area contributed by atoms with Crippen molar-refractivity contribution in [2.24, 2.45) is 13.0 Å². The minimum absolute atomic E-state index is 0.808. The van der Waals surface area contributed by atoms with Gasteiger partial charge in [-0.15, -0.1) is 0 Å². The number of hydrogen-bond acceptors (Lipinski definition) is 3. The van der Waals surface area contributed by atoms with Gasteiger partial charge in [-0.05, 0) is 58.2 Å². The Morgan fingerprint density at radius 3 is 2.68 bits per heavy atom. The summed E-state index contributed by atoms with van der Waals surface area (Å²) in [6.07, 6.45) is 7.65. The van der Waals surface area contributed by atoms with Crippen LogP contribution in [0.4, 0.5) is 0 Å². The normalized spacial score (nSPS) is 26.1. The van der Waals surface area contributed by atoms with Crippen LogP contribution in [-0.4, -0.2) is 40.4 Å². The fourth-order valence-electron chi connectivity index (χ4n) is 3.67. The smallest absolute Gasteiger partial charge is 0.0638 e. The highest BCUT2D eigenvalue weighted by atomic mass is 15.3. The maximum absolute atomic E-state index is 4.43. The summed E-state index contributed by atoms with van der Waals surface area (Å²) in [5.41, 5.74) is 2.57. The minimum Gasteiger partial charge on any atom is -0.314 e. The zero-order valence-corrected chi connectivity index (χ0v) is 12.2. The molecular weight excluding hydrogens is 236 g/mol. The van der Waals surface area contributed by atoms with Gasteiger partial charge in [0.2, 0.25) is 0 Å². The molecule has 1 aromatic heterocycles. The molecule has 0 aliphatic carbocycles. The molecule has 19 heavy (non-hydrogen) atoms. The van der Waals surface area contributed by atoms with E-state index in [1.165, 1.54) is 56.6 Å². The van der Waals surface area contributed by atoms with Crippen molar-refractivity contribution in [1.29, 1.82) is 0 Å².